The number of hydrogen-bond donors (Lipinski definition) is 1. The van der Waals surface area contributed by atoms with Crippen molar-refractivity contribution in [3.8, 4) is 0 Å². The van der Waals surface area contributed by atoms with E-state index in [9.17, 15) is 4.79 Å². The van der Waals surface area contributed by atoms with Crippen molar-refractivity contribution in [3.05, 3.63) is 35.4 Å². The highest BCUT2D eigenvalue weighted by atomic mass is 16.1. The summed E-state index contributed by atoms with van der Waals surface area (Å²) in [5.41, 5.74) is 2.75. The summed E-state index contributed by atoms with van der Waals surface area (Å²) in [6.07, 6.45) is 5.66. The van der Waals surface area contributed by atoms with Gasteiger partial charge in [0.1, 0.15) is 0 Å². The Morgan fingerprint density at radius 2 is 1.95 bits per heavy atom. The van der Waals surface area contributed by atoms with Crippen LogP contribution in [0.5, 0.6) is 0 Å². The molecule has 0 aromatic heterocycles. The summed E-state index contributed by atoms with van der Waals surface area (Å²) in [7, 11) is 0. The maximum Gasteiger partial charge on any atom is 0.207 e. The summed E-state index contributed by atoms with van der Waals surface area (Å²) in [4.78, 5) is 12.9. The zero-order valence-electron chi connectivity index (χ0n) is 12.5. The van der Waals surface area contributed by atoms with E-state index in [4.69, 9.17) is 0 Å². The lowest BCUT2D eigenvalue weighted by Gasteiger charge is -2.24. The Kier molecular flexibility index (Phi) is 6.06. The van der Waals surface area contributed by atoms with Gasteiger partial charge in [-0.2, -0.15) is 0 Å². The Morgan fingerprint density at radius 3 is 2.60 bits per heavy atom. The van der Waals surface area contributed by atoms with Crippen LogP contribution in [-0.4, -0.2) is 37.5 Å². The van der Waals surface area contributed by atoms with Crippen molar-refractivity contribution in [2.75, 3.05) is 26.2 Å². The fraction of sp³-hybridized carbons (Fsp3) is 0.588. The fourth-order valence-corrected chi connectivity index (χ4v) is 2.99. The van der Waals surface area contributed by atoms with Crippen LogP contribution in [0.2, 0.25) is 0 Å². The van der Waals surface area contributed by atoms with Gasteiger partial charge in [0, 0.05) is 13.1 Å². The molecule has 20 heavy (non-hydrogen) atoms. The third kappa shape index (κ3) is 4.64. The molecule has 2 rings (SSSR count). The number of amides is 1. The van der Waals surface area contributed by atoms with Crippen LogP contribution in [0.1, 0.15) is 42.7 Å². The lowest BCUT2D eigenvalue weighted by molar-refractivity contribution is -0.109. The van der Waals surface area contributed by atoms with Crippen LogP contribution >= 0.6 is 0 Å². The third-order valence-corrected chi connectivity index (χ3v) is 4.18. The van der Waals surface area contributed by atoms with Crippen molar-refractivity contribution in [3.63, 3.8) is 0 Å². The fourth-order valence-electron chi connectivity index (χ4n) is 2.99. The number of benzene rings is 1. The predicted octanol–water partition coefficient (Wildman–Crippen LogP) is 2.70. The quantitative estimate of drug-likeness (QED) is 0.584. The van der Waals surface area contributed by atoms with Crippen LogP contribution in [0.25, 0.3) is 0 Å². The second-order valence-corrected chi connectivity index (χ2v) is 5.83. The molecule has 1 unspecified atom stereocenters. The molecule has 0 saturated carbocycles. The van der Waals surface area contributed by atoms with Crippen LogP contribution in [0.4, 0.5) is 0 Å². The van der Waals surface area contributed by atoms with Crippen LogP contribution in [-0.2, 0) is 4.79 Å². The van der Waals surface area contributed by atoms with Gasteiger partial charge in [0.05, 0.1) is 0 Å². The van der Waals surface area contributed by atoms with Gasteiger partial charge in [0.2, 0.25) is 6.41 Å². The predicted molar refractivity (Wildman–Crippen MR) is 82.9 cm³/mol. The van der Waals surface area contributed by atoms with E-state index in [0.717, 1.165) is 32.3 Å². The maximum atomic E-state index is 10.3. The number of aryl methyl sites for hydroxylation is 1. The molecule has 0 aliphatic carbocycles. The Balaban J connectivity index is 1.94. The van der Waals surface area contributed by atoms with Gasteiger partial charge in [-0.05, 0) is 57.2 Å². The molecule has 0 spiro atoms. The molecule has 1 aromatic carbocycles. The molecule has 1 aromatic rings. The zero-order valence-corrected chi connectivity index (χ0v) is 12.5. The van der Waals surface area contributed by atoms with Gasteiger partial charge in [-0.1, -0.05) is 29.8 Å². The van der Waals surface area contributed by atoms with Crippen molar-refractivity contribution in [2.45, 2.75) is 38.5 Å². The molecular weight excluding hydrogens is 248 g/mol. The molecular formula is C17H26N2O. The zero-order chi connectivity index (χ0) is 14.2. The Labute approximate surface area is 122 Å². The monoisotopic (exact) mass is 274 g/mol. The van der Waals surface area contributed by atoms with Crippen molar-refractivity contribution in [1.29, 1.82) is 0 Å². The van der Waals surface area contributed by atoms with Crippen molar-refractivity contribution >= 4 is 6.41 Å². The number of rotatable bonds is 8. The highest BCUT2D eigenvalue weighted by Crippen LogP contribution is 2.24. The van der Waals surface area contributed by atoms with E-state index in [2.05, 4.69) is 41.4 Å². The molecule has 0 radical (unpaired) electrons. The molecule has 3 nitrogen and oxygen atoms in total. The van der Waals surface area contributed by atoms with E-state index in [1.165, 1.54) is 37.1 Å². The summed E-state index contributed by atoms with van der Waals surface area (Å²) in [5.74, 6) is 0.585. The smallest absolute Gasteiger partial charge is 0.207 e. The highest BCUT2D eigenvalue weighted by Gasteiger charge is 2.18. The lowest BCUT2D eigenvalue weighted by atomic mass is 9.93. The first-order valence-corrected chi connectivity index (χ1v) is 7.75. The third-order valence-electron chi connectivity index (χ3n) is 4.18. The minimum atomic E-state index is 0.585. The van der Waals surface area contributed by atoms with Crippen LogP contribution < -0.4 is 5.32 Å². The summed E-state index contributed by atoms with van der Waals surface area (Å²) < 4.78 is 0. The van der Waals surface area contributed by atoms with Crippen molar-refractivity contribution in [2.24, 2.45) is 0 Å². The largest absolute Gasteiger partial charge is 0.359 e. The average molecular weight is 274 g/mol. The van der Waals surface area contributed by atoms with Gasteiger partial charge < -0.3 is 10.2 Å². The second kappa shape index (κ2) is 8.05. The molecule has 1 atom stereocenters. The summed E-state index contributed by atoms with van der Waals surface area (Å²) in [6.45, 7) is 6.56. The van der Waals surface area contributed by atoms with Gasteiger partial charge >= 0.3 is 0 Å². The standard InChI is InChI=1S/C17H26N2O/c1-15-6-8-16(9-7-15)17(5-4-10-18-14-20)13-19-11-2-3-12-19/h6-9,14,17H,2-5,10-13H2,1H3,(H,18,20). The molecule has 110 valence electrons. The summed E-state index contributed by atoms with van der Waals surface area (Å²) in [6, 6.07) is 8.94. The minimum Gasteiger partial charge on any atom is -0.359 e. The number of hydrogen-bond acceptors (Lipinski definition) is 2. The molecule has 1 heterocycles. The molecule has 1 fully saturated rings. The number of likely N-dealkylation sites (tertiary alicyclic amines) is 1. The molecule has 1 saturated heterocycles. The number of nitrogens with zero attached hydrogens (tertiary/aromatic N) is 1. The van der Waals surface area contributed by atoms with Gasteiger partial charge in [0.25, 0.3) is 0 Å². The van der Waals surface area contributed by atoms with Crippen LogP contribution in [0.15, 0.2) is 24.3 Å². The van der Waals surface area contributed by atoms with Gasteiger partial charge in [-0.3, -0.25) is 4.79 Å². The SMILES string of the molecule is Cc1ccc(C(CCCNC=O)CN2CCCC2)cc1. The summed E-state index contributed by atoms with van der Waals surface area (Å²) in [5, 5.41) is 2.76. The van der Waals surface area contributed by atoms with Crippen molar-refractivity contribution in [1.82, 2.24) is 10.2 Å². The topological polar surface area (TPSA) is 32.3 Å². The van der Waals surface area contributed by atoms with Crippen LogP contribution in [0.3, 0.4) is 0 Å². The van der Waals surface area contributed by atoms with E-state index >= 15 is 0 Å². The first-order chi connectivity index (χ1) is 9.79. The Hall–Kier alpha value is -1.35. The number of nitrogens with one attached hydrogen (secondary N) is 1. The first kappa shape index (κ1) is 15.0. The normalized spacial score (nSPS) is 17.1. The first-order valence-electron chi connectivity index (χ1n) is 7.75. The molecule has 1 amide bonds. The minimum absolute atomic E-state index is 0.585. The van der Waals surface area contributed by atoms with Crippen LogP contribution in [0, 0.1) is 6.92 Å². The van der Waals surface area contributed by atoms with E-state index in [0.29, 0.717) is 5.92 Å². The van der Waals surface area contributed by atoms with Gasteiger partial charge in [0.15, 0.2) is 0 Å². The molecule has 3 heteroatoms. The van der Waals surface area contributed by atoms with E-state index in [1.54, 1.807) is 0 Å². The van der Waals surface area contributed by atoms with Gasteiger partial charge in [-0.25, -0.2) is 0 Å². The van der Waals surface area contributed by atoms with Gasteiger partial charge in [-0.15, -0.1) is 0 Å². The van der Waals surface area contributed by atoms with Crippen molar-refractivity contribution < 1.29 is 4.79 Å². The average Bonchev–Trinajstić information content (AvgIpc) is 2.96. The van der Waals surface area contributed by atoms with E-state index < -0.39 is 0 Å². The molecule has 1 N–H and O–H groups in total. The second-order valence-electron chi connectivity index (χ2n) is 5.83. The maximum absolute atomic E-state index is 10.3. The molecule has 0 bridgehead atoms. The van der Waals surface area contributed by atoms with E-state index in [-0.39, 0.29) is 0 Å². The highest BCUT2D eigenvalue weighted by molar-refractivity contribution is 5.45. The Morgan fingerprint density at radius 1 is 1.25 bits per heavy atom. The molecule has 1 aliphatic rings. The lowest BCUT2D eigenvalue weighted by Crippen LogP contribution is -2.26. The number of carbonyl (C=O) groups excluding carboxylic acids is 1. The molecule has 1 aliphatic heterocycles. The van der Waals surface area contributed by atoms with E-state index in [1.807, 2.05) is 0 Å². The summed E-state index contributed by atoms with van der Waals surface area (Å²) >= 11 is 0. The number of carbonyl (C=O) groups is 1. The Bertz CT molecular complexity index is 396.